The Hall–Kier alpha value is -3.88. The normalized spacial score (nSPS) is 16.6. The number of amides is 4. The highest BCUT2D eigenvalue weighted by molar-refractivity contribution is 7.91. The number of carbonyl (C=O) groups excluding carboxylic acids is 3. The van der Waals surface area contributed by atoms with Crippen LogP contribution in [0.1, 0.15) is 41.4 Å². The highest BCUT2D eigenvalue weighted by Crippen LogP contribution is 2.29. The van der Waals surface area contributed by atoms with Crippen LogP contribution in [0.25, 0.3) is 0 Å². The molecule has 0 radical (unpaired) electrons. The van der Waals surface area contributed by atoms with Crippen molar-refractivity contribution in [1.82, 2.24) is 21.1 Å². The van der Waals surface area contributed by atoms with Gasteiger partial charge in [-0.2, -0.15) is 13.2 Å². The first-order chi connectivity index (χ1) is 18.8. The van der Waals surface area contributed by atoms with E-state index >= 15 is 0 Å². The Labute approximate surface area is 228 Å². The summed E-state index contributed by atoms with van der Waals surface area (Å²) in [6, 6.07) is 8.90. The average Bonchev–Trinajstić information content (AvgIpc) is 2.90. The molecule has 2 aromatic rings. The number of hydrogen-bond donors (Lipinski definition) is 3. The number of nitrogens with one attached hydrogen (secondary N) is 3. The minimum Gasteiger partial charge on any atom is -0.372 e. The zero-order valence-electron chi connectivity index (χ0n) is 21.7. The molecule has 0 aromatic heterocycles. The van der Waals surface area contributed by atoms with Gasteiger partial charge in [0.2, 0.25) is 0 Å². The van der Waals surface area contributed by atoms with E-state index in [4.69, 9.17) is 0 Å². The Morgan fingerprint density at radius 1 is 1.02 bits per heavy atom. The molecule has 1 aliphatic rings. The molecular weight excluding hydrogens is 558 g/mol. The summed E-state index contributed by atoms with van der Waals surface area (Å²) in [4.78, 5) is 39.3. The van der Waals surface area contributed by atoms with E-state index in [-0.39, 0.29) is 35.7 Å². The van der Waals surface area contributed by atoms with Gasteiger partial charge < -0.3 is 15.1 Å². The van der Waals surface area contributed by atoms with Crippen LogP contribution in [-0.4, -0.2) is 68.5 Å². The molecule has 0 spiro atoms. The second-order valence-electron chi connectivity index (χ2n) is 8.96. The first kappa shape index (κ1) is 30.7. The van der Waals surface area contributed by atoms with Crippen LogP contribution in [0.15, 0.2) is 42.5 Å². The van der Waals surface area contributed by atoms with Crippen molar-refractivity contribution < 1.29 is 40.4 Å². The van der Waals surface area contributed by atoms with Gasteiger partial charge in [0, 0.05) is 43.0 Å². The van der Waals surface area contributed by atoms with Gasteiger partial charge in [0.1, 0.15) is 5.82 Å². The van der Waals surface area contributed by atoms with Crippen molar-refractivity contribution in [2.75, 3.05) is 36.0 Å². The summed E-state index contributed by atoms with van der Waals surface area (Å²) in [5.41, 5.74) is 3.90. The van der Waals surface area contributed by atoms with Gasteiger partial charge in [-0.1, -0.05) is 18.2 Å². The summed E-state index contributed by atoms with van der Waals surface area (Å²) in [6.45, 7) is 5.23. The maximum atomic E-state index is 14.6. The molecule has 3 N–H and O–H groups in total. The Morgan fingerprint density at radius 2 is 1.68 bits per heavy atom. The molecule has 1 aliphatic heterocycles. The Bertz CT molecular complexity index is 1350. The minimum absolute atomic E-state index is 0.0333. The maximum absolute atomic E-state index is 14.6. The van der Waals surface area contributed by atoms with E-state index in [2.05, 4.69) is 10.2 Å². The number of urea groups is 1. The fourth-order valence-electron chi connectivity index (χ4n) is 4.18. The van der Waals surface area contributed by atoms with Crippen LogP contribution in [-0.2, 0) is 21.2 Å². The van der Waals surface area contributed by atoms with Crippen molar-refractivity contribution >= 4 is 33.4 Å². The second kappa shape index (κ2) is 12.5. The third-order valence-electron chi connectivity index (χ3n) is 6.39. The highest BCUT2D eigenvalue weighted by atomic mass is 32.2. The summed E-state index contributed by atoms with van der Waals surface area (Å²) in [5.74, 6) is -5.01. The fraction of sp³-hybridized carbons (Fsp3) is 0.400. The van der Waals surface area contributed by atoms with Gasteiger partial charge in [-0.15, -0.1) is 0 Å². The van der Waals surface area contributed by atoms with E-state index in [0.717, 1.165) is 37.0 Å². The van der Waals surface area contributed by atoms with Crippen LogP contribution in [0, 0.1) is 5.82 Å². The van der Waals surface area contributed by atoms with Gasteiger partial charge in [-0.05, 0) is 43.7 Å². The molecule has 1 heterocycles. The molecule has 1 fully saturated rings. The molecule has 1 atom stereocenters. The van der Waals surface area contributed by atoms with E-state index in [1.165, 1.54) is 15.8 Å². The second-order valence-corrected chi connectivity index (χ2v) is 11.2. The van der Waals surface area contributed by atoms with Gasteiger partial charge >= 0.3 is 18.1 Å². The first-order valence-electron chi connectivity index (χ1n) is 12.3. The number of alkyl halides is 3. The quantitative estimate of drug-likeness (QED) is 0.338. The van der Waals surface area contributed by atoms with E-state index in [0.29, 0.717) is 5.56 Å². The van der Waals surface area contributed by atoms with Gasteiger partial charge in [0.15, 0.2) is 9.84 Å². The lowest BCUT2D eigenvalue weighted by atomic mass is 10.1. The molecule has 0 saturated carbocycles. The van der Waals surface area contributed by atoms with Crippen LogP contribution in [0.4, 0.5) is 28.0 Å². The van der Waals surface area contributed by atoms with Crippen molar-refractivity contribution in [3.8, 4) is 0 Å². The standard InChI is InChI=1S/C25H29F4N5O5S/c1-3-33(4-2)19-9-7-16(8-10-19)21-15-40(38,39)12-11-34(21)24(37)30-14-18-6-5-17(13-20(18)26)22(35)31-32-23(36)25(27,28)29/h5-10,13,21H,3-4,11-12,14-15H2,1-2H3,(H,30,37)(H,31,35)(H,32,36). The molecule has 2 aromatic carbocycles. The topological polar surface area (TPSA) is 128 Å². The van der Waals surface area contributed by atoms with Crippen molar-refractivity contribution in [2.45, 2.75) is 32.6 Å². The predicted octanol–water partition coefficient (Wildman–Crippen LogP) is 2.68. The van der Waals surface area contributed by atoms with Crippen molar-refractivity contribution in [3.05, 3.63) is 65.0 Å². The molecule has 1 saturated heterocycles. The molecule has 0 aliphatic carbocycles. The third-order valence-corrected chi connectivity index (χ3v) is 8.02. The van der Waals surface area contributed by atoms with Crippen LogP contribution in [0.3, 0.4) is 0 Å². The maximum Gasteiger partial charge on any atom is 0.472 e. The molecule has 40 heavy (non-hydrogen) atoms. The van der Waals surface area contributed by atoms with E-state index in [9.17, 15) is 40.4 Å². The Morgan fingerprint density at radius 3 is 2.25 bits per heavy atom. The van der Waals surface area contributed by atoms with Crippen molar-refractivity contribution in [3.63, 3.8) is 0 Å². The number of carbonyl (C=O) groups is 3. The van der Waals surface area contributed by atoms with Crippen LogP contribution >= 0.6 is 0 Å². The molecule has 15 heteroatoms. The Kier molecular flexibility index (Phi) is 9.60. The molecule has 10 nitrogen and oxygen atoms in total. The molecule has 4 amide bonds. The van der Waals surface area contributed by atoms with Gasteiger partial charge in [-0.25, -0.2) is 17.6 Å². The molecule has 1 unspecified atom stereocenters. The minimum atomic E-state index is -5.22. The number of hydrogen-bond acceptors (Lipinski definition) is 6. The lowest BCUT2D eigenvalue weighted by molar-refractivity contribution is -0.174. The predicted molar refractivity (Wildman–Crippen MR) is 138 cm³/mol. The molecule has 218 valence electrons. The Balaban J connectivity index is 1.68. The monoisotopic (exact) mass is 587 g/mol. The van der Waals surface area contributed by atoms with Crippen LogP contribution in [0.5, 0.6) is 0 Å². The average molecular weight is 588 g/mol. The summed E-state index contributed by atoms with van der Waals surface area (Å²) in [6.07, 6.45) is -5.22. The number of nitrogens with zero attached hydrogens (tertiary/aromatic N) is 2. The number of anilines is 1. The lowest BCUT2D eigenvalue weighted by Crippen LogP contribution is -2.50. The zero-order chi connectivity index (χ0) is 29.7. The molecule has 0 bridgehead atoms. The molecule has 3 rings (SSSR count). The zero-order valence-corrected chi connectivity index (χ0v) is 22.5. The smallest absolute Gasteiger partial charge is 0.372 e. The summed E-state index contributed by atoms with van der Waals surface area (Å²) in [7, 11) is -3.41. The van der Waals surface area contributed by atoms with Crippen LogP contribution < -0.4 is 21.1 Å². The van der Waals surface area contributed by atoms with Crippen molar-refractivity contribution in [2.24, 2.45) is 0 Å². The number of benzene rings is 2. The number of halogens is 4. The third kappa shape index (κ3) is 7.61. The number of hydrazine groups is 1. The van der Waals surface area contributed by atoms with Gasteiger partial charge in [0.25, 0.3) is 5.91 Å². The summed E-state index contributed by atoms with van der Waals surface area (Å²) >= 11 is 0. The van der Waals surface area contributed by atoms with Gasteiger partial charge in [0.05, 0.1) is 17.5 Å². The fourth-order valence-corrected chi connectivity index (χ4v) is 5.68. The van der Waals surface area contributed by atoms with E-state index in [1.807, 2.05) is 26.0 Å². The van der Waals surface area contributed by atoms with Gasteiger partial charge in [-0.3, -0.25) is 20.4 Å². The summed E-state index contributed by atoms with van der Waals surface area (Å²) in [5, 5.41) is 2.55. The molecular formula is C25H29F4N5O5S. The van der Waals surface area contributed by atoms with E-state index in [1.54, 1.807) is 12.1 Å². The highest BCUT2D eigenvalue weighted by Gasteiger charge is 2.39. The van der Waals surface area contributed by atoms with Crippen molar-refractivity contribution in [1.29, 1.82) is 0 Å². The van der Waals surface area contributed by atoms with Crippen LogP contribution in [0.2, 0.25) is 0 Å². The number of rotatable bonds is 7. The first-order valence-corrected chi connectivity index (χ1v) is 14.1. The lowest BCUT2D eigenvalue weighted by Gasteiger charge is -2.36. The summed E-state index contributed by atoms with van der Waals surface area (Å²) < 4.78 is 76.1. The number of sulfone groups is 1. The SMILES string of the molecule is CCN(CC)c1ccc(C2CS(=O)(=O)CCN2C(=O)NCc2ccc(C(=O)NNC(=O)C(F)(F)F)cc2F)cc1. The largest absolute Gasteiger partial charge is 0.472 e. The van der Waals surface area contributed by atoms with E-state index < -0.39 is 45.7 Å².